The summed E-state index contributed by atoms with van der Waals surface area (Å²) in [6.07, 6.45) is -0.0760. The number of hydrogen-bond acceptors (Lipinski definition) is 5. The van der Waals surface area contributed by atoms with Gasteiger partial charge >= 0.3 is 5.97 Å². The molecule has 0 aliphatic carbocycles. The van der Waals surface area contributed by atoms with Crippen molar-refractivity contribution >= 4 is 11.9 Å². The Bertz CT molecular complexity index is 409. The first-order valence-electron chi connectivity index (χ1n) is 8.29. The van der Waals surface area contributed by atoms with Gasteiger partial charge in [-0.05, 0) is 41.5 Å². The number of likely N-dealkylation sites (tertiary alicyclic amines) is 1. The van der Waals surface area contributed by atoms with Crippen LogP contribution in [0.2, 0.25) is 0 Å². The molecule has 0 N–H and O–H groups in total. The third-order valence-corrected chi connectivity index (χ3v) is 4.09. The molecular formula is C17H31NO5. The average Bonchev–Trinajstić information content (AvgIpc) is 2.34. The topological polar surface area (TPSA) is 65.1 Å². The minimum absolute atomic E-state index is 0.0336. The largest absolute Gasteiger partial charge is 0.458 e. The van der Waals surface area contributed by atoms with Crippen LogP contribution in [0, 0.1) is 0 Å². The SMILES string of the molecule is CCOC(OCC)C(=O)OC1CC(C)(C)N(C(C)=O)C(C)(C)C1. The third-order valence-electron chi connectivity index (χ3n) is 4.09. The van der Waals surface area contributed by atoms with Gasteiger partial charge in [0.05, 0.1) is 0 Å². The van der Waals surface area contributed by atoms with Crippen molar-refractivity contribution in [3.63, 3.8) is 0 Å². The first-order valence-corrected chi connectivity index (χ1v) is 8.29. The van der Waals surface area contributed by atoms with Gasteiger partial charge in [0, 0.05) is 44.1 Å². The molecule has 1 aliphatic heterocycles. The molecule has 1 rings (SSSR count). The molecule has 0 bridgehead atoms. The van der Waals surface area contributed by atoms with Gasteiger partial charge in [-0.3, -0.25) is 4.79 Å². The molecular weight excluding hydrogens is 298 g/mol. The van der Waals surface area contributed by atoms with Crippen LogP contribution in [0.4, 0.5) is 0 Å². The van der Waals surface area contributed by atoms with Crippen LogP contribution in [-0.4, -0.2) is 53.5 Å². The van der Waals surface area contributed by atoms with E-state index in [4.69, 9.17) is 14.2 Å². The van der Waals surface area contributed by atoms with E-state index in [0.29, 0.717) is 26.1 Å². The number of esters is 1. The zero-order valence-electron chi connectivity index (χ0n) is 15.5. The zero-order chi connectivity index (χ0) is 17.8. The predicted octanol–water partition coefficient (Wildman–Crippen LogP) is 2.50. The van der Waals surface area contributed by atoms with E-state index >= 15 is 0 Å². The monoisotopic (exact) mass is 329 g/mol. The van der Waals surface area contributed by atoms with Gasteiger partial charge in [0.1, 0.15) is 6.10 Å². The molecule has 134 valence electrons. The van der Waals surface area contributed by atoms with E-state index in [9.17, 15) is 9.59 Å². The van der Waals surface area contributed by atoms with Gasteiger partial charge in [0.2, 0.25) is 5.91 Å². The third kappa shape index (κ3) is 4.91. The molecule has 1 saturated heterocycles. The summed E-state index contributed by atoms with van der Waals surface area (Å²) in [5.41, 5.74) is -0.767. The molecule has 0 radical (unpaired) electrons. The summed E-state index contributed by atoms with van der Waals surface area (Å²) in [6.45, 7) is 13.9. The normalized spacial score (nSPS) is 20.6. The number of carbonyl (C=O) groups is 2. The number of ether oxygens (including phenoxy) is 3. The number of nitrogens with zero attached hydrogens (tertiary/aromatic N) is 1. The molecule has 0 unspecified atom stereocenters. The highest BCUT2D eigenvalue weighted by Gasteiger charge is 2.48. The Morgan fingerprint density at radius 1 is 1.04 bits per heavy atom. The van der Waals surface area contributed by atoms with Crippen molar-refractivity contribution in [1.82, 2.24) is 4.90 Å². The van der Waals surface area contributed by atoms with Crippen LogP contribution in [0.15, 0.2) is 0 Å². The Balaban J connectivity index is 2.83. The van der Waals surface area contributed by atoms with Crippen molar-refractivity contribution in [3.05, 3.63) is 0 Å². The number of rotatable bonds is 6. The van der Waals surface area contributed by atoms with Gasteiger partial charge < -0.3 is 19.1 Å². The first kappa shape index (κ1) is 19.9. The molecule has 23 heavy (non-hydrogen) atoms. The first-order chi connectivity index (χ1) is 10.5. The van der Waals surface area contributed by atoms with Crippen LogP contribution in [-0.2, 0) is 23.8 Å². The number of piperidine rings is 1. The lowest BCUT2D eigenvalue weighted by Gasteiger charge is -2.54. The van der Waals surface area contributed by atoms with Crippen molar-refractivity contribution in [2.45, 2.75) is 84.8 Å². The Morgan fingerprint density at radius 3 is 1.83 bits per heavy atom. The van der Waals surface area contributed by atoms with E-state index in [1.54, 1.807) is 20.8 Å². The molecule has 1 aliphatic rings. The van der Waals surface area contributed by atoms with Crippen LogP contribution in [0.3, 0.4) is 0 Å². The Kier molecular flexibility index (Phi) is 6.59. The summed E-state index contributed by atoms with van der Waals surface area (Å²) in [7, 11) is 0. The van der Waals surface area contributed by atoms with Gasteiger partial charge in [-0.25, -0.2) is 4.79 Å². The van der Waals surface area contributed by atoms with E-state index in [0.717, 1.165) is 0 Å². The molecule has 0 atom stereocenters. The van der Waals surface area contributed by atoms with Crippen LogP contribution >= 0.6 is 0 Å². The molecule has 6 nitrogen and oxygen atoms in total. The highest BCUT2D eigenvalue weighted by molar-refractivity contribution is 5.75. The number of amides is 1. The Morgan fingerprint density at radius 2 is 1.48 bits per heavy atom. The second kappa shape index (κ2) is 7.62. The average molecular weight is 329 g/mol. The van der Waals surface area contributed by atoms with Crippen LogP contribution in [0.1, 0.15) is 61.3 Å². The lowest BCUT2D eigenvalue weighted by Crippen LogP contribution is -2.64. The van der Waals surface area contributed by atoms with Crippen molar-refractivity contribution < 1.29 is 23.8 Å². The molecule has 0 aromatic heterocycles. The van der Waals surface area contributed by atoms with E-state index < -0.39 is 12.3 Å². The molecule has 6 heteroatoms. The van der Waals surface area contributed by atoms with Gasteiger partial charge in [-0.1, -0.05) is 0 Å². The fourth-order valence-electron chi connectivity index (χ4n) is 3.83. The molecule has 1 fully saturated rings. The van der Waals surface area contributed by atoms with E-state index in [2.05, 4.69) is 0 Å². The predicted molar refractivity (Wildman–Crippen MR) is 86.8 cm³/mol. The van der Waals surface area contributed by atoms with Crippen molar-refractivity contribution in [2.24, 2.45) is 0 Å². The second-order valence-electron chi connectivity index (χ2n) is 7.19. The van der Waals surface area contributed by atoms with Gasteiger partial charge in [-0.2, -0.15) is 0 Å². The highest BCUT2D eigenvalue weighted by Crippen LogP contribution is 2.39. The summed E-state index contributed by atoms with van der Waals surface area (Å²) in [5, 5.41) is 0. The van der Waals surface area contributed by atoms with Crippen LogP contribution in [0.5, 0.6) is 0 Å². The zero-order valence-corrected chi connectivity index (χ0v) is 15.5. The number of hydrogen-bond donors (Lipinski definition) is 0. The second-order valence-corrected chi connectivity index (χ2v) is 7.19. The minimum Gasteiger partial charge on any atom is -0.458 e. The van der Waals surface area contributed by atoms with Gasteiger partial charge in [0.25, 0.3) is 6.29 Å². The fourth-order valence-corrected chi connectivity index (χ4v) is 3.83. The maximum absolute atomic E-state index is 12.3. The smallest absolute Gasteiger partial charge is 0.363 e. The Labute approximate surface area is 139 Å². The molecule has 1 heterocycles. The van der Waals surface area contributed by atoms with E-state index in [1.165, 1.54) is 0 Å². The van der Waals surface area contributed by atoms with Gasteiger partial charge in [0.15, 0.2) is 0 Å². The quantitative estimate of drug-likeness (QED) is 0.553. The summed E-state index contributed by atoms with van der Waals surface area (Å²) in [5.74, 6) is -0.465. The minimum atomic E-state index is -0.984. The van der Waals surface area contributed by atoms with Crippen molar-refractivity contribution in [2.75, 3.05) is 13.2 Å². The summed E-state index contributed by atoms with van der Waals surface area (Å²) >= 11 is 0. The van der Waals surface area contributed by atoms with Crippen molar-refractivity contribution in [3.8, 4) is 0 Å². The van der Waals surface area contributed by atoms with Crippen molar-refractivity contribution in [1.29, 1.82) is 0 Å². The van der Waals surface area contributed by atoms with Crippen LogP contribution < -0.4 is 0 Å². The molecule has 0 aromatic rings. The van der Waals surface area contributed by atoms with E-state index in [1.807, 2.05) is 32.6 Å². The fraction of sp³-hybridized carbons (Fsp3) is 0.882. The maximum Gasteiger partial charge on any atom is 0.363 e. The lowest BCUT2D eigenvalue weighted by atomic mass is 9.78. The van der Waals surface area contributed by atoms with Crippen LogP contribution in [0.25, 0.3) is 0 Å². The molecule has 0 aromatic carbocycles. The lowest BCUT2D eigenvalue weighted by molar-refractivity contribution is -0.204. The summed E-state index contributed by atoms with van der Waals surface area (Å²) in [4.78, 5) is 26.2. The summed E-state index contributed by atoms with van der Waals surface area (Å²) in [6, 6.07) is 0. The highest BCUT2D eigenvalue weighted by atomic mass is 16.7. The molecule has 1 amide bonds. The molecule has 0 spiro atoms. The molecule has 0 saturated carbocycles. The summed E-state index contributed by atoms with van der Waals surface area (Å²) < 4.78 is 16.2. The van der Waals surface area contributed by atoms with Gasteiger partial charge in [-0.15, -0.1) is 0 Å². The maximum atomic E-state index is 12.3. The number of carbonyl (C=O) groups excluding carboxylic acids is 2. The van der Waals surface area contributed by atoms with E-state index in [-0.39, 0.29) is 23.1 Å². The Hall–Kier alpha value is -1.14. The standard InChI is InChI=1S/C17H31NO5/c1-8-21-15(22-9-2)14(20)23-13-10-16(4,5)18(12(3)19)17(6,7)11-13/h13,15H,8-11H2,1-7H3.